The molecule has 1 aromatic heterocycles. The summed E-state index contributed by atoms with van der Waals surface area (Å²) in [4.78, 5) is 4.38. The SMILES string of the molecule is Cc1nc(NCCC2CCC2)ccc1N. The molecule has 1 heterocycles. The number of rotatable bonds is 4. The molecule has 0 radical (unpaired) electrons. The van der Waals surface area contributed by atoms with Crippen LogP contribution in [-0.2, 0) is 0 Å². The first-order chi connectivity index (χ1) is 7.25. The minimum Gasteiger partial charge on any atom is -0.397 e. The topological polar surface area (TPSA) is 50.9 Å². The molecule has 0 saturated heterocycles. The van der Waals surface area contributed by atoms with Gasteiger partial charge in [0.15, 0.2) is 0 Å². The summed E-state index contributed by atoms with van der Waals surface area (Å²) in [5, 5.41) is 3.35. The Kier molecular flexibility index (Phi) is 3.09. The second-order valence-corrected chi connectivity index (χ2v) is 4.38. The van der Waals surface area contributed by atoms with Crippen LogP contribution in [0.2, 0.25) is 0 Å². The van der Waals surface area contributed by atoms with Crippen molar-refractivity contribution >= 4 is 11.5 Å². The van der Waals surface area contributed by atoms with Crippen LogP contribution in [0.1, 0.15) is 31.4 Å². The lowest BCUT2D eigenvalue weighted by Crippen LogP contribution is -2.16. The van der Waals surface area contributed by atoms with Crippen molar-refractivity contribution in [3.8, 4) is 0 Å². The van der Waals surface area contributed by atoms with Crippen molar-refractivity contribution in [3.05, 3.63) is 17.8 Å². The fourth-order valence-electron chi connectivity index (χ4n) is 1.86. The third-order valence-electron chi connectivity index (χ3n) is 3.21. The van der Waals surface area contributed by atoms with Crippen molar-refractivity contribution in [2.45, 2.75) is 32.6 Å². The zero-order valence-corrected chi connectivity index (χ0v) is 9.29. The van der Waals surface area contributed by atoms with Gasteiger partial charge in [-0.3, -0.25) is 0 Å². The predicted molar refractivity (Wildman–Crippen MR) is 63.8 cm³/mol. The molecule has 1 aliphatic carbocycles. The zero-order chi connectivity index (χ0) is 10.7. The molecule has 3 heteroatoms. The van der Waals surface area contributed by atoms with E-state index < -0.39 is 0 Å². The van der Waals surface area contributed by atoms with E-state index >= 15 is 0 Å². The van der Waals surface area contributed by atoms with Gasteiger partial charge in [0.25, 0.3) is 0 Å². The van der Waals surface area contributed by atoms with Crippen LogP contribution in [0, 0.1) is 12.8 Å². The van der Waals surface area contributed by atoms with E-state index in [1.165, 1.54) is 25.7 Å². The quantitative estimate of drug-likeness (QED) is 0.794. The highest BCUT2D eigenvalue weighted by Crippen LogP contribution is 2.29. The molecular weight excluding hydrogens is 186 g/mol. The van der Waals surface area contributed by atoms with Crippen molar-refractivity contribution in [3.63, 3.8) is 0 Å². The summed E-state index contributed by atoms with van der Waals surface area (Å²) in [6.07, 6.45) is 5.51. The van der Waals surface area contributed by atoms with Gasteiger partial charge in [-0.05, 0) is 31.4 Å². The number of aryl methyl sites for hydroxylation is 1. The Morgan fingerprint density at radius 3 is 2.87 bits per heavy atom. The monoisotopic (exact) mass is 205 g/mol. The molecule has 82 valence electrons. The Morgan fingerprint density at radius 2 is 2.27 bits per heavy atom. The number of hydrogen-bond acceptors (Lipinski definition) is 3. The van der Waals surface area contributed by atoms with E-state index in [-0.39, 0.29) is 0 Å². The first kappa shape index (κ1) is 10.3. The van der Waals surface area contributed by atoms with Crippen molar-refractivity contribution < 1.29 is 0 Å². The molecule has 3 nitrogen and oxygen atoms in total. The maximum Gasteiger partial charge on any atom is 0.126 e. The lowest BCUT2D eigenvalue weighted by Gasteiger charge is -2.25. The van der Waals surface area contributed by atoms with Crippen LogP contribution in [-0.4, -0.2) is 11.5 Å². The molecule has 0 bridgehead atoms. The molecule has 3 N–H and O–H groups in total. The fourth-order valence-corrected chi connectivity index (χ4v) is 1.86. The van der Waals surface area contributed by atoms with Crippen molar-refractivity contribution in [2.75, 3.05) is 17.6 Å². The zero-order valence-electron chi connectivity index (χ0n) is 9.29. The van der Waals surface area contributed by atoms with Gasteiger partial charge in [0.05, 0.1) is 11.4 Å². The van der Waals surface area contributed by atoms with E-state index in [1.807, 2.05) is 19.1 Å². The summed E-state index contributed by atoms with van der Waals surface area (Å²) in [6, 6.07) is 3.86. The molecule has 0 unspecified atom stereocenters. The number of nitrogens with two attached hydrogens (primary N) is 1. The van der Waals surface area contributed by atoms with Gasteiger partial charge < -0.3 is 11.1 Å². The number of hydrogen-bond donors (Lipinski definition) is 2. The van der Waals surface area contributed by atoms with E-state index in [2.05, 4.69) is 10.3 Å². The molecule has 0 amide bonds. The molecule has 1 aromatic rings. The largest absolute Gasteiger partial charge is 0.397 e. The number of anilines is 2. The summed E-state index contributed by atoms with van der Waals surface area (Å²) < 4.78 is 0. The molecule has 0 atom stereocenters. The van der Waals surface area contributed by atoms with Crippen LogP contribution in [0.25, 0.3) is 0 Å². The smallest absolute Gasteiger partial charge is 0.126 e. The Bertz CT molecular complexity index is 332. The summed E-state index contributed by atoms with van der Waals surface area (Å²) in [5.41, 5.74) is 7.38. The maximum atomic E-state index is 5.71. The van der Waals surface area contributed by atoms with Crippen LogP contribution in [0.5, 0.6) is 0 Å². The van der Waals surface area contributed by atoms with Gasteiger partial charge in [0.1, 0.15) is 5.82 Å². The van der Waals surface area contributed by atoms with Crippen LogP contribution < -0.4 is 11.1 Å². The van der Waals surface area contributed by atoms with Crippen molar-refractivity contribution in [1.29, 1.82) is 0 Å². The van der Waals surface area contributed by atoms with Crippen LogP contribution in [0.15, 0.2) is 12.1 Å². The van der Waals surface area contributed by atoms with Gasteiger partial charge >= 0.3 is 0 Å². The Hall–Kier alpha value is -1.25. The Morgan fingerprint density at radius 1 is 1.47 bits per heavy atom. The highest BCUT2D eigenvalue weighted by Gasteiger charge is 2.16. The summed E-state index contributed by atoms with van der Waals surface area (Å²) in [5.74, 6) is 1.90. The summed E-state index contributed by atoms with van der Waals surface area (Å²) in [6.45, 7) is 2.97. The van der Waals surface area contributed by atoms with Crippen LogP contribution in [0.3, 0.4) is 0 Å². The van der Waals surface area contributed by atoms with Crippen LogP contribution >= 0.6 is 0 Å². The lowest BCUT2D eigenvalue weighted by molar-refractivity contribution is 0.303. The van der Waals surface area contributed by atoms with Gasteiger partial charge in [-0.2, -0.15) is 0 Å². The first-order valence-electron chi connectivity index (χ1n) is 5.72. The number of pyridine rings is 1. The molecule has 0 aromatic carbocycles. The highest BCUT2D eigenvalue weighted by molar-refractivity contribution is 5.48. The van der Waals surface area contributed by atoms with E-state index in [9.17, 15) is 0 Å². The first-order valence-corrected chi connectivity index (χ1v) is 5.72. The second kappa shape index (κ2) is 4.51. The molecule has 1 fully saturated rings. The molecule has 1 aliphatic rings. The minimum absolute atomic E-state index is 0.763. The Labute approximate surface area is 91.1 Å². The lowest BCUT2D eigenvalue weighted by atomic mass is 9.83. The molecular formula is C12H19N3. The average Bonchev–Trinajstić information content (AvgIpc) is 2.15. The number of nitrogens with one attached hydrogen (secondary N) is 1. The maximum absolute atomic E-state index is 5.71. The van der Waals surface area contributed by atoms with Gasteiger partial charge in [-0.15, -0.1) is 0 Å². The van der Waals surface area contributed by atoms with Crippen molar-refractivity contribution in [1.82, 2.24) is 4.98 Å². The average molecular weight is 205 g/mol. The molecule has 1 saturated carbocycles. The van der Waals surface area contributed by atoms with E-state index in [0.29, 0.717) is 0 Å². The molecule has 0 aliphatic heterocycles. The third kappa shape index (κ3) is 2.61. The third-order valence-corrected chi connectivity index (χ3v) is 3.21. The standard InChI is InChI=1S/C12H19N3/c1-9-11(13)5-6-12(15-9)14-8-7-10-3-2-4-10/h5-6,10H,2-4,7-8,13H2,1H3,(H,14,15). The summed E-state index contributed by atoms with van der Waals surface area (Å²) >= 11 is 0. The number of nitrogen functional groups attached to an aromatic ring is 1. The van der Waals surface area contributed by atoms with Gasteiger partial charge in [-0.25, -0.2) is 4.98 Å². The minimum atomic E-state index is 0.763. The fraction of sp³-hybridized carbons (Fsp3) is 0.583. The Balaban J connectivity index is 1.79. The van der Waals surface area contributed by atoms with E-state index in [4.69, 9.17) is 5.73 Å². The predicted octanol–water partition coefficient (Wildman–Crippen LogP) is 2.57. The van der Waals surface area contributed by atoms with E-state index in [0.717, 1.165) is 29.7 Å². The molecule has 2 rings (SSSR count). The summed E-state index contributed by atoms with van der Waals surface area (Å²) in [7, 11) is 0. The molecule has 0 spiro atoms. The van der Waals surface area contributed by atoms with Gasteiger partial charge in [0, 0.05) is 6.54 Å². The van der Waals surface area contributed by atoms with Crippen LogP contribution in [0.4, 0.5) is 11.5 Å². The van der Waals surface area contributed by atoms with Gasteiger partial charge in [0.2, 0.25) is 0 Å². The normalized spacial score (nSPS) is 16.1. The van der Waals surface area contributed by atoms with Gasteiger partial charge in [-0.1, -0.05) is 19.3 Å². The number of aromatic nitrogens is 1. The van der Waals surface area contributed by atoms with E-state index in [1.54, 1.807) is 0 Å². The second-order valence-electron chi connectivity index (χ2n) is 4.38. The number of nitrogens with zero attached hydrogens (tertiary/aromatic N) is 1. The molecule has 15 heavy (non-hydrogen) atoms. The highest BCUT2D eigenvalue weighted by atomic mass is 15.0. The van der Waals surface area contributed by atoms with Crippen molar-refractivity contribution in [2.24, 2.45) is 5.92 Å².